The second-order valence-electron chi connectivity index (χ2n) is 5.29. The number of carbonyl (C=O) groups is 1. The van der Waals surface area contributed by atoms with Gasteiger partial charge in [0.25, 0.3) is 5.91 Å². The number of aryl methyl sites for hydroxylation is 1. The van der Waals surface area contributed by atoms with Gasteiger partial charge in [0, 0.05) is 17.1 Å². The molecule has 1 aliphatic heterocycles. The van der Waals surface area contributed by atoms with E-state index in [0.29, 0.717) is 11.6 Å². The molecular weight excluding hydrogens is 305 g/mol. The molecule has 2 aromatic rings. The molecule has 0 spiro atoms. The largest absolute Gasteiger partial charge is 0.352 e. The van der Waals surface area contributed by atoms with E-state index in [1.54, 1.807) is 0 Å². The Hall–Kier alpha value is -1.51. The summed E-state index contributed by atoms with van der Waals surface area (Å²) in [6, 6.07) is 11.7. The van der Waals surface area contributed by atoms with Gasteiger partial charge in [0.15, 0.2) is 0 Å². The molecular formula is C17H15Cl2NO. The quantitative estimate of drug-likeness (QED) is 0.823. The Morgan fingerprint density at radius 1 is 1.14 bits per heavy atom. The summed E-state index contributed by atoms with van der Waals surface area (Å²) in [5.74, 6) is -0.0242. The van der Waals surface area contributed by atoms with Crippen molar-refractivity contribution >= 4 is 29.1 Å². The van der Waals surface area contributed by atoms with Gasteiger partial charge in [-0.05, 0) is 47.7 Å². The zero-order valence-electron chi connectivity index (χ0n) is 11.6. The van der Waals surface area contributed by atoms with E-state index < -0.39 is 0 Å². The Bertz CT molecular complexity index is 712. The second-order valence-corrected chi connectivity index (χ2v) is 6.14. The third-order valence-electron chi connectivity index (χ3n) is 3.84. The molecule has 0 saturated heterocycles. The van der Waals surface area contributed by atoms with Crippen molar-refractivity contribution in [1.82, 2.24) is 5.32 Å². The first kappa shape index (κ1) is 14.4. The molecule has 0 fully saturated rings. The summed E-state index contributed by atoms with van der Waals surface area (Å²) in [4.78, 5) is 11.9. The van der Waals surface area contributed by atoms with Gasteiger partial charge in [0.1, 0.15) is 0 Å². The van der Waals surface area contributed by atoms with Gasteiger partial charge in [-0.2, -0.15) is 0 Å². The summed E-state index contributed by atoms with van der Waals surface area (Å²) in [5.41, 5.74) is 4.67. The summed E-state index contributed by atoms with van der Waals surface area (Å²) in [6.45, 7) is 2.65. The molecule has 0 radical (unpaired) electrons. The van der Waals surface area contributed by atoms with Crippen molar-refractivity contribution in [1.29, 1.82) is 0 Å². The molecule has 2 nitrogen and oxygen atoms in total. The molecule has 1 heterocycles. The Morgan fingerprint density at radius 2 is 1.86 bits per heavy atom. The molecule has 0 aliphatic carbocycles. The number of hydrogen-bond acceptors (Lipinski definition) is 1. The van der Waals surface area contributed by atoms with Crippen molar-refractivity contribution in [2.24, 2.45) is 0 Å². The fourth-order valence-corrected chi connectivity index (χ4v) is 3.01. The number of alkyl halides is 1. The monoisotopic (exact) mass is 319 g/mol. The van der Waals surface area contributed by atoms with Gasteiger partial charge in [-0.1, -0.05) is 35.9 Å². The molecule has 2 aromatic carbocycles. The van der Waals surface area contributed by atoms with Crippen LogP contribution >= 0.6 is 23.2 Å². The van der Waals surface area contributed by atoms with Gasteiger partial charge >= 0.3 is 0 Å². The Morgan fingerprint density at radius 3 is 2.62 bits per heavy atom. The van der Waals surface area contributed by atoms with E-state index in [1.807, 2.05) is 43.3 Å². The lowest BCUT2D eigenvalue weighted by Gasteiger charge is -2.19. The number of halogens is 2. The van der Waals surface area contributed by atoms with E-state index in [4.69, 9.17) is 23.2 Å². The lowest BCUT2D eigenvalue weighted by Crippen LogP contribution is -2.31. The van der Waals surface area contributed by atoms with Crippen LogP contribution in [0, 0.1) is 6.92 Å². The van der Waals surface area contributed by atoms with E-state index in [9.17, 15) is 4.79 Å². The number of nitrogens with one attached hydrogen (secondary N) is 1. The fourth-order valence-electron chi connectivity index (χ4n) is 2.55. The molecule has 0 aromatic heterocycles. The molecule has 108 valence electrons. The first-order valence-electron chi connectivity index (χ1n) is 6.87. The van der Waals surface area contributed by atoms with Crippen LogP contribution in [0.25, 0.3) is 0 Å². The number of hydrogen-bond donors (Lipinski definition) is 1. The van der Waals surface area contributed by atoms with E-state index in [0.717, 1.165) is 34.2 Å². The average molecular weight is 320 g/mol. The van der Waals surface area contributed by atoms with Crippen LogP contribution in [0.2, 0.25) is 5.02 Å². The minimum atomic E-state index is -0.317. The van der Waals surface area contributed by atoms with E-state index in [-0.39, 0.29) is 11.3 Å². The highest BCUT2D eigenvalue weighted by molar-refractivity contribution is 6.31. The van der Waals surface area contributed by atoms with Crippen molar-refractivity contribution in [2.75, 3.05) is 6.54 Å². The van der Waals surface area contributed by atoms with Crippen molar-refractivity contribution in [3.05, 3.63) is 69.2 Å². The summed E-state index contributed by atoms with van der Waals surface area (Å²) < 4.78 is 0. The highest BCUT2D eigenvalue weighted by Gasteiger charge is 2.19. The van der Waals surface area contributed by atoms with Crippen molar-refractivity contribution < 1.29 is 4.79 Å². The van der Waals surface area contributed by atoms with Gasteiger partial charge in [-0.15, -0.1) is 11.6 Å². The van der Waals surface area contributed by atoms with Crippen LogP contribution in [-0.2, 0) is 6.42 Å². The second kappa shape index (κ2) is 5.70. The normalized spacial score (nSPS) is 15.3. The van der Waals surface area contributed by atoms with Crippen molar-refractivity contribution in [2.45, 2.75) is 18.7 Å². The zero-order valence-corrected chi connectivity index (χ0v) is 13.1. The predicted octanol–water partition coefficient (Wildman–Crippen LogP) is 4.26. The number of rotatable bonds is 2. The van der Waals surface area contributed by atoms with Crippen molar-refractivity contribution in [3.63, 3.8) is 0 Å². The maximum atomic E-state index is 11.9. The van der Waals surface area contributed by atoms with Crippen LogP contribution in [-0.4, -0.2) is 12.5 Å². The molecule has 1 amide bonds. The van der Waals surface area contributed by atoms with Crippen LogP contribution in [0.5, 0.6) is 0 Å². The van der Waals surface area contributed by atoms with Crippen molar-refractivity contribution in [3.8, 4) is 0 Å². The maximum Gasteiger partial charge on any atom is 0.251 e. The molecule has 1 N–H and O–H groups in total. The summed E-state index contributed by atoms with van der Waals surface area (Å²) in [5, 5.41) is 3.24. The SMILES string of the molecule is Cc1ccc(C(Cl)c2ccc3c(c2)C(=O)NCC3)cc1Cl. The van der Waals surface area contributed by atoms with Crippen LogP contribution in [0.1, 0.15) is 38.0 Å². The zero-order chi connectivity index (χ0) is 15.0. The smallest absolute Gasteiger partial charge is 0.251 e. The molecule has 21 heavy (non-hydrogen) atoms. The standard InChI is InChI=1S/C17H15Cl2NO/c1-10-2-3-13(9-15(10)18)16(19)12-5-4-11-6-7-20-17(21)14(11)8-12/h2-5,8-9,16H,6-7H2,1H3,(H,20,21). The van der Waals surface area contributed by atoms with E-state index in [2.05, 4.69) is 5.32 Å². The van der Waals surface area contributed by atoms with Gasteiger partial charge in [0.2, 0.25) is 0 Å². The van der Waals surface area contributed by atoms with E-state index in [1.165, 1.54) is 0 Å². The minimum absolute atomic E-state index is 0.0242. The summed E-state index contributed by atoms with van der Waals surface area (Å²) >= 11 is 12.7. The first-order chi connectivity index (χ1) is 10.1. The molecule has 1 aliphatic rings. The van der Waals surface area contributed by atoms with Crippen LogP contribution in [0.15, 0.2) is 36.4 Å². The Balaban J connectivity index is 1.98. The number of carbonyl (C=O) groups excluding carboxylic acids is 1. The van der Waals surface area contributed by atoms with Crippen LogP contribution < -0.4 is 5.32 Å². The Kier molecular flexibility index (Phi) is 3.92. The molecule has 1 unspecified atom stereocenters. The molecule has 3 rings (SSSR count). The van der Waals surface area contributed by atoms with Gasteiger partial charge in [-0.25, -0.2) is 0 Å². The number of fused-ring (bicyclic) bond motifs is 1. The minimum Gasteiger partial charge on any atom is -0.352 e. The predicted molar refractivity (Wildman–Crippen MR) is 86.4 cm³/mol. The van der Waals surface area contributed by atoms with E-state index >= 15 is 0 Å². The summed E-state index contributed by atoms with van der Waals surface area (Å²) in [7, 11) is 0. The lowest BCUT2D eigenvalue weighted by molar-refractivity contribution is 0.0946. The highest BCUT2D eigenvalue weighted by Crippen LogP contribution is 2.32. The highest BCUT2D eigenvalue weighted by atomic mass is 35.5. The third kappa shape index (κ3) is 2.78. The lowest BCUT2D eigenvalue weighted by atomic mass is 9.95. The number of amides is 1. The van der Waals surface area contributed by atoms with Gasteiger partial charge in [0.05, 0.1) is 5.38 Å². The topological polar surface area (TPSA) is 29.1 Å². The average Bonchev–Trinajstić information content (AvgIpc) is 2.49. The van der Waals surface area contributed by atoms with Gasteiger partial charge in [-0.3, -0.25) is 4.79 Å². The molecule has 4 heteroatoms. The van der Waals surface area contributed by atoms with Crippen LogP contribution in [0.4, 0.5) is 0 Å². The molecule has 0 saturated carbocycles. The molecule has 0 bridgehead atoms. The fraction of sp³-hybridized carbons (Fsp3) is 0.235. The molecule has 1 atom stereocenters. The maximum absolute atomic E-state index is 11.9. The van der Waals surface area contributed by atoms with Crippen LogP contribution in [0.3, 0.4) is 0 Å². The summed E-state index contributed by atoms with van der Waals surface area (Å²) in [6.07, 6.45) is 0.866. The number of benzene rings is 2. The Labute approximate surface area is 134 Å². The van der Waals surface area contributed by atoms with Gasteiger partial charge < -0.3 is 5.32 Å². The third-order valence-corrected chi connectivity index (χ3v) is 4.75. The first-order valence-corrected chi connectivity index (χ1v) is 7.69.